The number of ether oxygens (including phenoxy) is 1. The van der Waals surface area contributed by atoms with E-state index in [1.54, 1.807) is 61.7 Å². The number of amides is 1. The van der Waals surface area contributed by atoms with Crippen LogP contribution in [-0.4, -0.2) is 18.1 Å². The van der Waals surface area contributed by atoms with Crippen LogP contribution in [0.1, 0.15) is 11.1 Å². The van der Waals surface area contributed by atoms with Crippen molar-refractivity contribution in [1.29, 1.82) is 0 Å². The maximum absolute atomic E-state index is 11.7. The number of aliphatic hydroxyl groups is 1. The van der Waals surface area contributed by atoms with Crippen LogP contribution in [0.4, 0.5) is 0 Å². The van der Waals surface area contributed by atoms with E-state index in [-0.39, 0.29) is 0 Å². The monoisotopic (exact) mass is 257 g/mol. The van der Waals surface area contributed by atoms with Crippen LogP contribution in [0, 0.1) is 0 Å². The first-order chi connectivity index (χ1) is 9.09. The lowest BCUT2D eigenvalue weighted by Gasteiger charge is -2.25. The summed E-state index contributed by atoms with van der Waals surface area (Å²) in [7, 11) is 1.55. The molecule has 0 radical (unpaired) electrons. The van der Waals surface area contributed by atoms with Gasteiger partial charge in [-0.15, -0.1) is 0 Å². The van der Waals surface area contributed by atoms with Gasteiger partial charge in [0.1, 0.15) is 5.75 Å². The number of carbonyl (C=O) groups is 1. The van der Waals surface area contributed by atoms with Gasteiger partial charge in [-0.05, 0) is 23.3 Å². The molecule has 1 atom stereocenters. The van der Waals surface area contributed by atoms with E-state index in [2.05, 4.69) is 0 Å². The van der Waals surface area contributed by atoms with E-state index in [4.69, 9.17) is 10.5 Å². The summed E-state index contributed by atoms with van der Waals surface area (Å²) in [4.78, 5) is 11.7. The van der Waals surface area contributed by atoms with Crippen molar-refractivity contribution in [3.8, 4) is 5.75 Å². The summed E-state index contributed by atoms with van der Waals surface area (Å²) in [5.74, 6) is -0.174. The molecule has 0 aliphatic heterocycles. The van der Waals surface area contributed by atoms with E-state index in [0.717, 1.165) is 0 Å². The number of rotatable bonds is 4. The fraction of sp³-hybridized carbons (Fsp3) is 0.133. The minimum absolute atomic E-state index is 0.409. The highest BCUT2D eigenvalue weighted by Gasteiger charge is 2.37. The Morgan fingerprint density at radius 1 is 1.05 bits per heavy atom. The summed E-state index contributed by atoms with van der Waals surface area (Å²) in [6.45, 7) is 0. The van der Waals surface area contributed by atoms with Gasteiger partial charge in [-0.2, -0.15) is 0 Å². The number of hydrogen-bond donors (Lipinski definition) is 2. The first-order valence-corrected chi connectivity index (χ1v) is 5.81. The highest BCUT2D eigenvalue weighted by molar-refractivity contribution is 5.88. The summed E-state index contributed by atoms with van der Waals surface area (Å²) in [6.07, 6.45) is 0. The van der Waals surface area contributed by atoms with Crippen molar-refractivity contribution < 1.29 is 14.6 Å². The largest absolute Gasteiger partial charge is 0.497 e. The van der Waals surface area contributed by atoms with Gasteiger partial charge in [-0.3, -0.25) is 4.79 Å². The summed E-state index contributed by atoms with van der Waals surface area (Å²) in [6, 6.07) is 15.2. The smallest absolute Gasteiger partial charge is 0.258 e. The molecular formula is C15H15NO3. The lowest BCUT2D eigenvalue weighted by atomic mass is 9.86. The number of hydrogen-bond acceptors (Lipinski definition) is 3. The SMILES string of the molecule is COc1ccc(C(O)(C(N)=O)c2ccccc2)cc1. The first kappa shape index (κ1) is 13.1. The van der Waals surface area contributed by atoms with Crippen LogP contribution in [0.25, 0.3) is 0 Å². The van der Waals surface area contributed by atoms with Crippen LogP contribution in [0.3, 0.4) is 0 Å². The molecule has 0 aliphatic carbocycles. The third kappa shape index (κ3) is 2.30. The van der Waals surface area contributed by atoms with E-state index in [1.165, 1.54) is 0 Å². The standard InChI is InChI=1S/C15H15NO3/c1-19-13-9-7-12(8-10-13)15(18,14(16)17)11-5-3-2-4-6-11/h2-10,18H,1H3,(H2,16,17). The van der Waals surface area contributed by atoms with Crippen LogP contribution in [0.5, 0.6) is 5.75 Å². The highest BCUT2D eigenvalue weighted by Crippen LogP contribution is 2.30. The minimum Gasteiger partial charge on any atom is -0.497 e. The number of methoxy groups -OCH3 is 1. The maximum atomic E-state index is 11.7. The Morgan fingerprint density at radius 2 is 1.58 bits per heavy atom. The molecule has 4 heteroatoms. The molecule has 4 nitrogen and oxygen atoms in total. The summed E-state index contributed by atoms with van der Waals surface area (Å²) in [5.41, 5.74) is 4.39. The Hall–Kier alpha value is -2.33. The molecule has 0 aliphatic rings. The van der Waals surface area contributed by atoms with Crippen molar-refractivity contribution in [2.45, 2.75) is 5.60 Å². The van der Waals surface area contributed by atoms with Crippen molar-refractivity contribution in [3.05, 3.63) is 65.7 Å². The average molecular weight is 257 g/mol. The highest BCUT2D eigenvalue weighted by atomic mass is 16.5. The third-order valence-electron chi connectivity index (χ3n) is 3.06. The van der Waals surface area contributed by atoms with Crippen LogP contribution < -0.4 is 10.5 Å². The molecule has 0 fully saturated rings. The molecule has 2 aromatic carbocycles. The van der Waals surface area contributed by atoms with Gasteiger partial charge in [0.2, 0.25) is 0 Å². The van der Waals surface area contributed by atoms with E-state index in [9.17, 15) is 9.90 Å². The van der Waals surface area contributed by atoms with E-state index < -0.39 is 11.5 Å². The summed E-state index contributed by atoms with van der Waals surface area (Å²) >= 11 is 0. The number of carbonyl (C=O) groups excluding carboxylic acids is 1. The fourth-order valence-electron chi connectivity index (χ4n) is 1.96. The first-order valence-electron chi connectivity index (χ1n) is 5.81. The van der Waals surface area contributed by atoms with E-state index in [0.29, 0.717) is 16.9 Å². The third-order valence-corrected chi connectivity index (χ3v) is 3.06. The predicted octanol–water partition coefficient (Wildman–Crippen LogP) is 1.42. The number of primary amides is 1. The van der Waals surface area contributed by atoms with Crippen molar-refractivity contribution in [1.82, 2.24) is 0 Å². The van der Waals surface area contributed by atoms with Gasteiger partial charge in [0.15, 0.2) is 5.60 Å². The molecule has 0 saturated heterocycles. The van der Waals surface area contributed by atoms with E-state index >= 15 is 0 Å². The van der Waals surface area contributed by atoms with Crippen LogP contribution in [0.2, 0.25) is 0 Å². The molecule has 0 bridgehead atoms. The number of nitrogens with two attached hydrogens (primary N) is 1. The Labute approximate surface area is 111 Å². The molecule has 3 N–H and O–H groups in total. The molecule has 1 unspecified atom stereocenters. The zero-order valence-corrected chi connectivity index (χ0v) is 10.5. The second kappa shape index (κ2) is 5.12. The topological polar surface area (TPSA) is 72.6 Å². The van der Waals surface area contributed by atoms with Crippen LogP contribution in [0.15, 0.2) is 54.6 Å². The molecule has 2 aromatic rings. The fourth-order valence-corrected chi connectivity index (χ4v) is 1.96. The average Bonchev–Trinajstić information content (AvgIpc) is 2.47. The zero-order chi connectivity index (χ0) is 13.9. The second-order valence-corrected chi connectivity index (χ2v) is 4.17. The van der Waals surface area contributed by atoms with Gasteiger partial charge >= 0.3 is 0 Å². The molecule has 0 spiro atoms. The Morgan fingerprint density at radius 3 is 2.05 bits per heavy atom. The summed E-state index contributed by atoms with van der Waals surface area (Å²) < 4.78 is 5.05. The molecule has 0 aromatic heterocycles. The quantitative estimate of drug-likeness (QED) is 0.870. The van der Waals surface area contributed by atoms with Gasteiger partial charge in [0.05, 0.1) is 7.11 Å². The lowest BCUT2D eigenvalue weighted by molar-refractivity contribution is -0.133. The van der Waals surface area contributed by atoms with Crippen molar-refractivity contribution in [2.24, 2.45) is 5.73 Å². The Balaban J connectivity index is 2.53. The Kier molecular flexibility index (Phi) is 3.53. The predicted molar refractivity (Wildman–Crippen MR) is 71.6 cm³/mol. The molecule has 98 valence electrons. The van der Waals surface area contributed by atoms with Gasteiger partial charge in [-0.1, -0.05) is 42.5 Å². The molecule has 19 heavy (non-hydrogen) atoms. The van der Waals surface area contributed by atoms with Crippen LogP contribution >= 0.6 is 0 Å². The Bertz CT molecular complexity index is 566. The lowest BCUT2D eigenvalue weighted by Crippen LogP contribution is -2.42. The van der Waals surface area contributed by atoms with Gasteiger partial charge in [0.25, 0.3) is 5.91 Å². The normalized spacial score (nSPS) is 13.6. The minimum atomic E-state index is -1.84. The van der Waals surface area contributed by atoms with Crippen molar-refractivity contribution in [3.63, 3.8) is 0 Å². The molecular weight excluding hydrogens is 242 g/mol. The molecule has 2 rings (SSSR count). The summed E-state index contributed by atoms with van der Waals surface area (Å²) in [5, 5.41) is 10.7. The second-order valence-electron chi connectivity index (χ2n) is 4.17. The number of benzene rings is 2. The van der Waals surface area contributed by atoms with Crippen molar-refractivity contribution in [2.75, 3.05) is 7.11 Å². The maximum Gasteiger partial charge on any atom is 0.258 e. The van der Waals surface area contributed by atoms with E-state index in [1.807, 2.05) is 0 Å². The van der Waals surface area contributed by atoms with Gasteiger partial charge in [0, 0.05) is 0 Å². The van der Waals surface area contributed by atoms with Gasteiger partial charge < -0.3 is 15.6 Å². The van der Waals surface area contributed by atoms with Crippen LogP contribution in [-0.2, 0) is 10.4 Å². The van der Waals surface area contributed by atoms with Gasteiger partial charge in [-0.25, -0.2) is 0 Å². The zero-order valence-electron chi connectivity index (χ0n) is 10.5. The molecule has 1 amide bonds. The van der Waals surface area contributed by atoms with Crippen molar-refractivity contribution >= 4 is 5.91 Å². The molecule has 0 saturated carbocycles. The molecule has 0 heterocycles.